The first-order chi connectivity index (χ1) is 8.84. The summed E-state index contributed by atoms with van der Waals surface area (Å²) in [4.78, 5) is -0.258. The minimum Gasteiger partial charge on any atom is -0.328 e. The predicted molar refractivity (Wildman–Crippen MR) is 72.4 cm³/mol. The molecule has 4 nitrogen and oxygen atoms in total. The van der Waals surface area contributed by atoms with E-state index in [9.17, 15) is 12.8 Å². The van der Waals surface area contributed by atoms with E-state index in [1.54, 1.807) is 0 Å². The maximum Gasteiger partial charge on any atom is 0.244 e. The molecule has 0 aromatic heterocycles. The fourth-order valence-electron chi connectivity index (χ4n) is 1.96. The lowest BCUT2D eigenvalue weighted by molar-refractivity contribution is 0.320. The fraction of sp³-hybridized carbons (Fsp3) is 0.455. The summed E-state index contributed by atoms with van der Waals surface area (Å²) in [5, 5.41) is -0.674. The third-order valence-electron chi connectivity index (χ3n) is 3.12. The Morgan fingerprint density at radius 3 is 2.42 bits per heavy atom. The zero-order valence-electron chi connectivity index (χ0n) is 9.94. The number of sulfonamides is 1. The number of benzene rings is 1. The van der Waals surface area contributed by atoms with Crippen molar-refractivity contribution in [3.63, 3.8) is 0 Å². The second-order valence-electron chi connectivity index (χ2n) is 4.42. The Labute approximate surface area is 121 Å². The number of hydrogen-bond donors (Lipinski definition) is 1. The summed E-state index contributed by atoms with van der Waals surface area (Å²) < 4.78 is 39.6. The normalized spacial score (nSPS) is 18.7. The molecule has 0 amide bonds. The first-order valence-corrected chi connectivity index (χ1v) is 7.93. The molecule has 0 unspecified atom stereocenters. The molecule has 0 bridgehead atoms. The lowest BCUT2D eigenvalue weighted by atomic mass is 10.1. The average Bonchev–Trinajstić information content (AvgIpc) is 2.36. The standard InChI is InChI=1S/C11H13Cl2FN2O2S/c12-8-1-2-9(10(13)11(8)14)19(17,18)16-5-3-7(15)4-6-16/h1-2,7H,3-6,15H2. The van der Waals surface area contributed by atoms with Crippen molar-refractivity contribution in [2.24, 2.45) is 5.73 Å². The summed E-state index contributed by atoms with van der Waals surface area (Å²) in [5.41, 5.74) is 5.73. The van der Waals surface area contributed by atoms with Crippen LogP contribution in [0.5, 0.6) is 0 Å². The van der Waals surface area contributed by atoms with Crippen LogP contribution >= 0.6 is 23.2 Å². The summed E-state index contributed by atoms with van der Waals surface area (Å²) in [7, 11) is -3.81. The van der Waals surface area contributed by atoms with Crippen molar-refractivity contribution < 1.29 is 12.8 Å². The van der Waals surface area contributed by atoms with Gasteiger partial charge in [0.25, 0.3) is 0 Å². The van der Waals surface area contributed by atoms with Gasteiger partial charge in [0.2, 0.25) is 10.0 Å². The van der Waals surface area contributed by atoms with Crippen molar-refractivity contribution in [3.05, 3.63) is 28.0 Å². The highest BCUT2D eigenvalue weighted by atomic mass is 35.5. The Kier molecular flexibility index (Phi) is 4.37. The molecule has 2 N–H and O–H groups in total. The van der Waals surface area contributed by atoms with E-state index in [-0.39, 0.29) is 16.0 Å². The smallest absolute Gasteiger partial charge is 0.244 e. The molecule has 1 aliphatic heterocycles. The van der Waals surface area contributed by atoms with E-state index in [0.29, 0.717) is 25.9 Å². The maximum absolute atomic E-state index is 13.6. The quantitative estimate of drug-likeness (QED) is 0.848. The highest BCUT2D eigenvalue weighted by Gasteiger charge is 2.31. The molecule has 0 aliphatic carbocycles. The zero-order valence-corrected chi connectivity index (χ0v) is 12.3. The van der Waals surface area contributed by atoms with Crippen LogP contribution in [-0.2, 0) is 10.0 Å². The molecule has 1 aliphatic rings. The fourth-order valence-corrected chi connectivity index (χ4v) is 4.15. The Bertz CT molecular complexity index is 587. The zero-order chi connectivity index (χ0) is 14.2. The summed E-state index contributed by atoms with van der Waals surface area (Å²) in [6, 6.07) is 2.41. The first kappa shape index (κ1) is 15.0. The van der Waals surface area contributed by atoms with E-state index >= 15 is 0 Å². The van der Waals surface area contributed by atoms with Gasteiger partial charge < -0.3 is 5.73 Å². The van der Waals surface area contributed by atoms with Gasteiger partial charge in [0.15, 0.2) is 5.82 Å². The molecule has 0 saturated carbocycles. The molecule has 1 saturated heterocycles. The van der Waals surface area contributed by atoms with E-state index in [1.807, 2.05) is 0 Å². The Morgan fingerprint density at radius 1 is 1.26 bits per heavy atom. The van der Waals surface area contributed by atoms with Gasteiger partial charge in [0.1, 0.15) is 4.90 Å². The van der Waals surface area contributed by atoms with Crippen LogP contribution in [0, 0.1) is 5.82 Å². The molecule has 0 atom stereocenters. The van der Waals surface area contributed by atoms with Crippen molar-refractivity contribution in [3.8, 4) is 0 Å². The highest BCUT2D eigenvalue weighted by molar-refractivity contribution is 7.89. The van der Waals surface area contributed by atoms with E-state index in [0.717, 1.165) is 0 Å². The summed E-state index contributed by atoms with van der Waals surface area (Å²) in [5.74, 6) is -0.918. The van der Waals surface area contributed by atoms with E-state index in [4.69, 9.17) is 28.9 Å². The van der Waals surface area contributed by atoms with Gasteiger partial charge >= 0.3 is 0 Å². The molecule has 0 radical (unpaired) electrons. The van der Waals surface area contributed by atoms with Crippen molar-refractivity contribution in [1.82, 2.24) is 4.31 Å². The summed E-state index contributed by atoms with van der Waals surface area (Å²) >= 11 is 11.3. The minimum atomic E-state index is -3.81. The number of rotatable bonds is 2. The predicted octanol–water partition coefficient (Wildman–Crippen LogP) is 2.24. The van der Waals surface area contributed by atoms with Crippen LogP contribution in [0.4, 0.5) is 4.39 Å². The molecule has 1 fully saturated rings. The van der Waals surface area contributed by atoms with Crippen LogP contribution in [0.3, 0.4) is 0 Å². The molecule has 8 heteroatoms. The molecule has 2 rings (SSSR count). The van der Waals surface area contributed by atoms with Gasteiger partial charge in [-0.15, -0.1) is 0 Å². The van der Waals surface area contributed by atoms with E-state index < -0.39 is 20.9 Å². The summed E-state index contributed by atoms with van der Waals surface area (Å²) in [6.45, 7) is 0.619. The lowest BCUT2D eigenvalue weighted by Gasteiger charge is -2.29. The van der Waals surface area contributed by atoms with Gasteiger partial charge in [-0.2, -0.15) is 4.31 Å². The number of halogens is 3. The Balaban J connectivity index is 2.38. The molecule has 1 aromatic carbocycles. The van der Waals surface area contributed by atoms with Crippen molar-refractivity contribution in [1.29, 1.82) is 0 Å². The molecule has 106 valence electrons. The molecular formula is C11H13Cl2FN2O2S. The number of piperidine rings is 1. The van der Waals surface area contributed by atoms with Crippen molar-refractivity contribution in [2.75, 3.05) is 13.1 Å². The van der Waals surface area contributed by atoms with Crippen molar-refractivity contribution in [2.45, 2.75) is 23.8 Å². The number of nitrogens with zero attached hydrogens (tertiary/aromatic N) is 1. The van der Waals surface area contributed by atoms with Crippen LogP contribution in [0.1, 0.15) is 12.8 Å². The number of hydrogen-bond acceptors (Lipinski definition) is 3. The third-order valence-corrected chi connectivity index (χ3v) is 5.83. The topological polar surface area (TPSA) is 63.4 Å². The number of nitrogens with two attached hydrogens (primary N) is 1. The van der Waals surface area contributed by atoms with E-state index in [1.165, 1.54) is 16.4 Å². The minimum absolute atomic E-state index is 0.00359. The van der Waals surface area contributed by atoms with Crippen molar-refractivity contribution >= 4 is 33.2 Å². The Morgan fingerprint density at radius 2 is 1.84 bits per heavy atom. The van der Waals surface area contributed by atoms with Crippen LogP contribution in [0.2, 0.25) is 10.0 Å². The van der Waals surface area contributed by atoms with E-state index in [2.05, 4.69) is 0 Å². The third kappa shape index (κ3) is 2.87. The molecule has 19 heavy (non-hydrogen) atoms. The summed E-state index contributed by atoms with van der Waals surface area (Å²) in [6.07, 6.45) is 1.15. The van der Waals surface area contributed by atoms with Crippen LogP contribution in [-0.4, -0.2) is 31.9 Å². The average molecular weight is 327 g/mol. The SMILES string of the molecule is NC1CCN(S(=O)(=O)c2ccc(Cl)c(F)c2Cl)CC1. The van der Waals surface area contributed by atoms with Crippen LogP contribution in [0.15, 0.2) is 17.0 Å². The van der Waals surface area contributed by atoms with Gasteiger partial charge in [-0.25, -0.2) is 12.8 Å². The monoisotopic (exact) mass is 326 g/mol. The van der Waals surface area contributed by atoms with Gasteiger partial charge in [0.05, 0.1) is 10.0 Å². The van der Waals surface area contributed by atoms with Gasteiger partial charge in [0, 0.05) is 19.1 Å². The second kappa shape index (κ2) is 5.54. The molecular weight excluding hydrogens is 314 g/mol. The van der Waals surface area contributed by atoms with Crippen LogP contribution in [0.25, 0.3) is 0 Å². The molecule has 1 heterocycles. The molecule has 1 aromatic rings. The largest absolute Gasteiger partial charge is 0.328 e. The first-order valence-electron chi connectivity index (χ1n) is 5.73. The van der Waals surface area contributed by atoms with Gasteiger partial charge in [-0.05, 0) is 25.0 Å². The van der Waals surface area contributed by atoms with Crippen LogP contribution < -0.4 is 5.73 Å². The van der Waals surface area contributed by atoms with Gasteiger partial charge in [-0.1, -0.05) is 23.2 Å². The lowest BCUT2D eigenvalue weighted by Crippen LogP contribution is -2.42. The second-order valence-corrected chi connectivity index (χ2v) is 7.11. The highest BCUT2D eigenvalue weighted by Crippen LogP contribution is 2.32. The maximum atomic E-state index is 13.6. The Hall–Kier alpha value is -0.400. The van der Waals surface area contributed by atoms with Gasteiger partial charge in [-0.3, -0.25) is 0 Å². The molecule has 0 spiro atoms.